The number of benzene rings is 1. The highest BCUT2D eigenvalue weighted by molar-refractivity contribution is 5.27. The van der Waals surface area contributed by atoms with Crippen molar-refractivity contribution in [2.45, 2.75) is 52.6 Å². The van der Waals surface area contributed by atoms with Crippen molar-refractivity contribution in [3.63, 3.8) is 0 Å². The highest BCUT2D eigenvalue weighted by Gasteiger charge is 2.30. The van der Waals surface area contributed by atoms with Crippen LogP contribution in [0.1, 0.15) is 54.0 Å². The average molecular weight is 284 g/mol. The van der Waals surface area contributed by atoms with Crippen LogP contribution in [0.2, 0.25) is 0 Å². The molecule has 1 atom stereocenters. The Morgan fingerprint density at radius 1 is 1.19 bits per heavy atom. The van der Waals surface area contributed by atoms with E-state index in [0.717, 1.165) is 31.0 Å². The Bertz CT molecular complexity index is 581. The molecule has 1 fully saturated rings. The second kappa shape index (κ2) is 6.02. The van der Waals surface area contributed by atoms with Crippen molar-refractivity contribution in [1.82, 2.24) is 10.1 Å². The first-order valence-electron chi connectivity index (χ1n) is 7.93. The third-order valence-corrected chi connectivity index (χ3v) is 4.60. The Balaban J connectivity index is 1.78. The first-order valence-corrected chi connectivity index (χ1v) is 7.93. The van der Waals surface area contributed by atoms with Gasteiger partial charge >= 0.3 is 0 Å². The highest BCUT2D eigenvalue weighted by atomic mass is 16.5. The summed E-state index contributed by atoms with van der Waals surface area (Å²) >= 11 is 0. The van der Waals surface area contributed by atoms with Gasteiger partial charge in [-0.2, -0.15) is 0 Å². The molecule has 3 rings (SSSR count). The number of aryl methyl sites for hydroxylation is 3. The van der Waals surface area contributed by atoms with Gasteiger partial charge in [0.2, 0.25) is 0 Å². The SMILES string of the molecule is CCc1ccc(CN2CCCC2c2c(C)noc2C)cc1. The summed E-state index contributed by atoms with van der Waals surface area (Å²) in [5.74, 6) is 0.978. The molecule has 1 unspecified atom stereocenters. The molecule has 112 valence electrons. The Kier molecular flexibility index (Phi) is 4.11. The van der Waals surface area contributed by atoms with Crippen molar-refractivity contribution in [2.75, 3.05) is 6.54 Å². The normalized spacial score (nSPS) is 19.3. The summed E-state index contributed by atoms with van der Waals surface area (Å²) in [5, 5.41) is 4.12. The van der Waals surface area contributed by atoms with E-state index >= 15 is 0 Å². The molecule has 0 amide bonds. The number of hydrogen-bond acceptors (Lipinski definition) is 3. The minimum Gasteiger partial charge on any atom is -0.361 e. The molecule has 1 saturated heterocycles. The zero-order valence-corrected chi connectivity index (χ0v) is 13.2. The van der Waals surface area contributed by atoms with Gasteiger partial charge in [-0.1, -0.05) is 36.3 Å². The first-order chi connectivity index (χ1) is 10.2. The van der Waals surface area contributed by atoms with E-state index in [1.54, 1.807) is 0 Å². The van der Waals surface area contributed by atoms with E-state index in [9.17, 15) is 0 Å². The van der Waals surface area contributed by atoms with Crippen molar-refractivity contribution >= 4 is 0 Å². The van der Waals surface area contributed by atoms with Gasteiger partial charge in [0.05, 0.1) is 5.69 Å². The maximum Gasteiger partial charge on any atom is 0.138 e. The molecule has 0 spiro atoms. The molecule has 3 nitrogen and oxygen atoms in total. The second-order valence-corrected chi connectivity index (χ2v) is 6.04. The van der Waals surface area contributed by atoms with Crippen molar-refractivity contribution < 1.29 is 4.52 Å². The van der Waals surface area contributed by atoms with Gasteiger partial charge in [-0.15, -0.1) is 0 Å². The fourth-order valence-corrected chi connectivity index (χ4v) is 3.42. The molecule has 21 heavy (non-hydrogen) atoms. The van der Waals surface area contributed by atoms with Crippen molar-refractivity contribution in [1.29, 1.82) is 0 Å². The fourth-order valence-electron chi connectivity index (χ4n) is 3.42. The van der Waals surface area contributed by atoms with E-state index < -0.39 is 0 Å². The van der Waals surface area contributed by atoms with Crippen molar-refractivity contribution in [3.05, 3.63) is 52.4 Å². The minimum atomic E-state index is 0.460. The maximum atomic E-state index is 5.36. The van der Waals surface area contributed by atoms with Gasteiger partial charge in [-0.25, -0.2) is 0 Å². The summed E-state index contributed by atoms with van der Waals surface area (Å²) < 4.78 is 5.36. The van der Waals surface area contributed by atoms with Gasteiger partial charge < -0.3 is 4.52 Å². The molecule has 1 aromatic heterocycles. The number of nitrogens with zero attached hydrogens (tertiary/aromatic N) is 2. The quantitative estimate of drug-likeness (QED) is 0.843. The largest absolute Gasteiger partial charge is 0.361 e. The summed E-state index contributed by atoms with van der Waals surface area (Å²) in [4.78, 5) is 2.56. The average Bonchev–Trinajstić information content (AvgIpc) is 3.06. The predicted molar refractivity (Wildman–Crippen MR) is 84.2 cm³/mol. The Hall–Kier alpha value is -1.61. The van der Waals surface area contributed by atoms with Crippen molar-refractivity contribution in [2.24, 2.45) is 0 Å². The van der Waals surface area contributed by atoms with E-state index in [1.165, 1.54) is 29.5 Å². The lowest BCUT2D eigenvalue weighted by Gasteiger charge is -2.24. The third-order valence-electron chi connectivity index (χ3n) is 4.60. The number of aromatic nitrogens is 1. The monoisotopic (exact) mass is 284 g/mol. The van der Waals surface area contributed by atoms with Crippen LogP contribution in [-0.2, 0) is 13.0 Å². The molecule has 3 heteroatoms. The van der Waals surface area contributed by atoms with Crippen LogP contribution in [0, 0.1) is 13.8 Å². The molecular weight excluding hydrogens is 260 g/mol. The lowest BCUT2D eigenvalue weighted by molar-refractivity contribution is 0.245. The van der Waals surface area contributed by atoms with Crippen LogP contribution < -0.4 is 0 Å². The molecule has 2 heterocycles. The number of hydrogen-bond donors (Lipinski definition) is 0. The summed E-state index contributed by atoms with van der Waals surface area (Å²) in [6.45, 7) is 8.45. The van der Waals surface area contributed by atoms with Crippen LogP contribution in [0.25, 0.3) is 0 Å². The molecule has 0 N–H and O–H groups in total. The van der Waals surface area contributed by atoms with Crippen LogP contribution >= 0.6 is 0 Å². The van der Waals surface area contributed by atoms with Gasteiger partial charge in [0, 0.05) is 18.2 Å². The van der Waals surface area contributed by atoms with Gasteiger partial charge in [-0.05, 0) is 50.8 Å². The zero-order valence-electron chi connectivity index (χ0n) is 13.2. The number of likely N-dealkylation sites (tertiary alicyclic amines) is 1. The van der Waals surface area contributed by atoms with Crippen LogP contribution in [0.5, 0.6) is 0 Å². The minimum absolute atomic E-state index is 0.460. The van der Waals surface area contributed by atoms with Crippen LogP contribution in [0.3, 0.4) is 0 Å². The molecule has 1 aliphatic heterocycles. The van der Waals surface area contributed by atoms with E-state index in [2.05, 4.69) is 48.2 Å². The number of rotatable bonds is 4. The maximum absolute atomic E-state index is 5.36. The lowest BCUT2D eigenvalue weighted by atomic mass is 10.0. The van der Waals surface area contributed by atoms with Crippen LogP contribution in [0.4, 0.5) is 0 Å². The van der Waals surface area contributed by atoms with E-state index in [1.807, 2.05) is 6.92 Å². The molecule has 1 aliphatic rings. The molecule has 0 bridgehead atoms. The smallest absolute Gasteiger partial charge is 0.138 e. The van der Waals surface area contributed by atoms with Gasteiger partial charge in [0.25, 0.3) is 0 Å². The summed E-state index contributed by atoms with van der Waals surface area (Å²) in [6.07, 6.45) is 3.56. The Labute approximate surface area is 126 Å². The Morgan fingerprint density at radius 3 is 2.52 bits per heavy atom. The topological polar surface area (TPSA) is 29.3 Å². The van der Waals surface area contributed by atoms with Gasteiger partial charge in [0.15, 0.2) is 0 Å². The first kappa shape index (κ1) is 14.3. The van der Waals surface area contributed by atoms with Crippen molar-refractivity contribution in [3.8, 4) is 0 Å². The summed E-state index contributed by atoms with van der Waals surface area (Å²) in [7, 11) is 0. The van der Waals surface area contributed by atoms with E-state index in [-0.39, 0.29) is 0 Å². The highest BCUT2D eigenvalue weighted by Crippen LogP contribution is 2.36. The fraction of sp³-hybridized carbons (Fsp3) is 0.500. The van der Waals surface area contributed by atoms with Crippen LogP contribution in [0.15, 0.2) is 28.8 Å². The summed E-state index contributed by atoms with van der Waals surface area (Å²) in [5.41, 5.74) is 5.15. The molecule has 2 aromatic rings. The molecule has 0 saturated carbocycles. The summed E-state index contributed by atoms with van der Waals surface area (Å²) in [6, 6.07) is 9.48. The standard InChI is InChI=1S/C18H24N2O/c1-4-15-7-9-16(10-8-15)12-20-11-5-6-17(20)18-13(2)19-21-14(18)3/h7-10,17H,4-6,11-12H2,1-3H3. The third kappa shape index (κ3) is 2.88. The second-order valence-electron chi connectivity index (χ2n) is 6.04. The molecular formula is C18H24N2O. The molecule has 0 radical (unpaired) electrons. The molecule has 1 aromatic carbocycles. The van der Waals surface area contributed by atoms with Gasteiger partial charge in [-0.3, -0.25) is 4.90 Å². The lowest BCUT2D eigenvalue weighted by Crippen LogP contribution is -2.23. The Morgan fingerprint density at radius 2 is 1.90 bits per heavy atom. The van der Waals surface area contributed by atoms with E-state index in [0.29, 0.717) is 6.04 Å². The van der Waals surface area contributed by atoms with Crippen LogP contribution in [-0.4, -0.2) is 16.6 Å². The predicted octanol–water partition coefficient (Wildman–Crippen LogP) is 4.19. The van der Waals surface area contributed by atoms with E-state index in [4.69, 9.17) is 4.52 Å². The van der Waals surface area contributed by atoms with Gasteiger partial charge in [0.1, 0.15) is 5.76 Å². The molecule has 0 aliphatic carbocycles. The zero-order chi connectivity index (χ0) is 14.8.